The van der Waals surface area contributed by atoms with Gasteiger partial charge in [0.25, 0.3) is 0 Å². The molecule has 76 valence electrons. The second-order valence-corrected chi connectivity index (χ2v) is 3.56. The molecule has 13 heavy (non-hydrogen) atoms. The van der Waals surface area contributed by atoms with Crippen LogP contribution in [-0.4, -0.2) is 31.6 Å². The summed E-state index contributed by atoms with van der Waals surface area (Å²) in [5.41, 5.74) is 0. The van der Waals surface area contributed by atoms with Crippen LogP contribution < -0.4 is 0 Å². The third kappa shape index (κ3) is 3.32. The highest BCUT2D eigenvalue weighted by atomic mass is 16.7. The van der Waals surface area contributed by atoms with E-state index in [0.717, 1.165) is 6.42 Å². The van der Waals surface area contributed by atoms with Crippen molar-refractivity contribution in [3.8, 4) is 0 Å². The predicted molar refractivity (Wildman–Crippen MR) is 46.2 cm³/mol. The predicted octanol–water partition coefficient (Wildman–Crippen LogP) is 1.09. The molecule has 4 nitrogen and oxygen atoms in total. The zero-order valence-corrected chi connectivity index (χ0v) is 8.33. The molecule has 0 unspecified atom stereocenters. The first-order valence-corrected chi connectivity index (χ1v) is 4.42. The summed E-state index contributed by atoms with van der Waals surface area (Å²) in [5.74, 6) is -0.806. The van der Waals surface area contributed by atoms with Gasteiger partial charge in [-0.2, -0.15) is 0 Å². The first-order chi connectivity index (χ1) is 6.03. The molecule has 1 aliphatic rings. The second-order valence-electron chi connectivity index (χ2n) is 3.56. The van der Waals surface area contributed by atoms with Gasteiger partial charge in [0.1, 0.15) is 0 Å². The van der Waals surface area contributed by atoms with Crippen LogP contribution in [0.25, 0.3) is 0 Å². The number of hydrogen-bond acceptors (Lipinski definition) is 4. The summed E-state index contributed by atoms with van der Waals surface area (Å²) in [6.45, 7) is 4.32. The van der Waals surface area contributed by atoms with E-state index in [4.69, 9.17) is 9.47 Å². The lowest BCUT2D eigenvalue weighted by Crippen LogP contribution is -2.40. The lowest BCUT2D eigenvalue weighted by molar-refractivity contribution is -0.273. The standard InChI is InChI=1S/C9H16O4/c1-9(2)12-5-4-7(13-9)6-8(10)11-3/h7H,4-6H2,1-3H3/t7-/m0/s1. The van der Waals surface area contributed by atoms with Crippen LogP contribution in [0.1, 0.15) is 26.7 Å². The van der Waals surface area contributed by atoms with E-state index in [1.165, 1.54) is 7.11 Å². The molecule has 0 bridgehead atoms. The van der Waals surface area contributed by atoms with Gasteiger partial charge in [0, 0.05) is 0 Å². The van der Waals surface area contributed by atoms with Crippen molar-refractivity contribution in [1.82, 2.24) is 0 Å². The van der Waals surface area contributed by atoms with E-state index in [-0.39, 0.29) is 12.1 Å². The summed E-state index contributed by atoms with van der Waals surface area (Å²) in [6, 6.07) is 0. The largest absolute Gasteiger partial charge is 0.469 e. The van der Waals surface area contributed by atoms with Crippen molar-refractivity contribution in [3.63, 3.8) is 0 Å². The molecular weight excluding hydrogens is 172 g/mol. The number of carbonyl (C=O) groups excluding carboxylic acids is 1. The first-order valence-electron chi connectivity index (χ1n) is 4.42. The van der Waals surface area contributed by atoms with E-state index < -0.39 is 5.79 Å². The van der Waals surface area contributed by atoms with Gasteiger partial charge in [0.2, 0.25) is 0 Å². The molecule has 0 aromatic rings. The quantitative estimate of drug-likeness (QED) is 0.608. The van der Waals surface area contributed by atoms with Crippen LogP contribution in [0.3, 0.4) is 0 Å². The van der Waals surface area contributed by atoms with E-state index >= 15 is 0 Å². The number of rotatable bonds is 2. The van der Waals surface area contributed by atoms with Gasteiger partial charge in [-0.25, -0.2) is 0 Å². The molecule has 1 heterocycles. The smallest absolute Gasteiger partial charge is 0.308 e. The zero-order chi connectivity index (χ0) is 9.90. The van der Waals surface area contributed by atoms with E-state index in [0.29, 0.717) is 13.0 Å². The fourth-order valence-electron chi connectivity index (χ4n) is 1.34. The third-order valence-corrected chi connectivity index (χ3v) is 1.96. The Morgan fingerprint density at radius 3 is 2.85 bits per heavy atom. The maximum atomic E-state index is 10.9. The molecule has 0 aliphatic carbocycles. The highest BCUT2D eigenvalue weighted by molar-refractivity contribution is 5.69. The molecule has 1 saturated heterocycles. The summed E-state index contributed by atoms with van der Waals surface area (Å²) < 4.78 is 15.4. The van der Waals surface area contributed by atoms with Crippen LogP contribution >= 0.6 is 0 Å². The highest BCUT2D eigenvalue weighted by Gasteiger charge is 2.30. The van der Waals surface area contributed by atoms with Crippen LogP contribution in [0.2, 0.25) is 0 Å². The molecule has 0 amide bonds. The van der Waals surface area contributed by atoms with Crippen LogP contribution in [0.15, 0.2) is 0 Å². The van der Waals surface area contributed by atoms with Crippen LogP contribution in [-0.2, 0) is 19.0 Å². The normalized spacial score (nSPS) is 26.8. The highest BCUT2D eigenvalue weighted by Crippen LogP contribution is 2.23. The average Bonchev–Trinajstić information content (AvgIpc) is 2.02. The van der Waals surface area contributed by atoms with Crippen molar-refractivity contribution in [2.75, 3.05) is 13.7 Å². The third-order valence-electron chi connectivity index (χ3n) is 1.96. The van der Waals surface area contributed by atoms with Gasteiger partial charge in [0.15, 0.2) is 5.79 Å². The molecule has 0 N–H and O–H groups in total. The Morgan fingerprint density at radius 2 is 2.31 bits per heavy atom. The summed E-state index contributed by atoms with van der Waals surface area (Å²) >= 11 is 0. The lowest BCUT2D eigenvalue weighted by atomic mass is 10.1. The van der Waals surface area contributed by atoms with Gasteiger partial charge in [0.05, 0.1) is 26.2 Å². The molecule has 0 radical (unpaired) electrons. The number of methoxy groups -OCH3 is 1. The van der Waals surface area contributed by atoms with Gasteiger partial charge in [-0.1, -0.05) is 0 Å². The molecule has 1 rings (SSSR count). The van der Waals surface area contributed by atoms with E-state index in [9.17, 15) is 4.79 Å². The van der Waals surface area contributed by atoms with Gasteiger partial charge in [-0.3, -0.25) is 4.79 Å². The molecular formula is C9H16O4. The Kier molecular flexibility index (Phi) is 3.27. The summed E-state index contributed by atoms with van der Waals surface area (Å²) in [7, 11) is 1.38. The van der Waals surface area contributed by atoms with Crippen molar-refractivity contribution in [3.05, 3.63) is 0 Å². The fourth-order valence-corrected chi connectivity index (χ4v) is 1.34. The van der Waals surface area contributed by atoms with Crippen molar-refractivity contribution in [2.24, 2.45) is 0 Å². The van der Waals surface area contributed by atoms with Crippen molar-refractivity contribution < 1.29 is 19.0 Å². The van der Waals surface area contributed by atoms with Crippen LogP contribution in [0.4, 0.5) is 0 Å². The summed E-state index contributed by atoms with van der Waals surface area (Å²) in [6.07, 6.45) is 0.984. The number of esters is 1. The SMILES string of the molecule is COC(=O)C[C@@H]1CCOC(C)(C)O1. The minimum Gasteiger partial charge on any atom is -0.469 e. The van der Waals surface area contributed by atoms with Crippen molar-refractivity contribution >= 4 is 5.97 Å². The monoisotopic (exact) mass is 188 g/mol. The Morgan fingerprint density at radius 1 is 1.62 bits per heavy atom. The molecule has 0 saturated carbocycles. The summed E-state index contributed by atoms with van der Waals surface area (Å²) in [4.78, 5) is 10.9. The minimum absolute atomic E-state index is 0.0730. The van der Waals surface area contributed by atoms with Crippen molar-refractivity contribution in [2.45, 2.75) is 38.6 Å². The van der Waals surface area contributed by atoms with E-state index in [1.807, 2.05) is 13.8 Å². The van der Waals surface area contributed by atoms with Gasteiger partial charge in [-0.15, -0.1) is 0 Å². The molecule has 1 aliphatic heterocycles. The molecule has 0 spiro atoms. The van der Waals surface area contributed by atoms with Gasteiger partial charge < -0.3 is 14.2 Å². The Hall–Kier alpha value is -0.610. The van der Waals surface area contributed by atoms with Gasteiger partial charge in [-0.05, 0) is 20.3 Å². The molecule has 1 fully saturated rings. The fraction of sp³-hybridized carbons (Fsp3) is 0.889. The topological polar surface area (TPSA) is 44.8 Å². The average molecular weight is 188 g/mol. The zero-order valence-electron chi connectivity index (χ0n) is 8.33. The van der Waals surface area contributed by atoms with E-state index in [2.05, 4.69) is 4.74 Å². The maximum Gasteiger partial charge on any atom is 0.308 e. The first kappa shape index (κ1) is 10.5. The van der Waals surface area contributed by atoms with E-state index in [1.54, 1.807) is 0 Å². The molecule has 0 aromatic heterocycles. The van der Waals surface area contributed by atoms with Crippen LogP contribution in [0.5, 0.6) is 0 Å². The Balaban J connectivity index is 2.39. The Labute approximate surface area is 78.2 Å². The Bertz CT molecular complexity index is 188. The number of ether oxygens (including phenoxy) is 3. The van der Waals surface area contributed by atoms with Gasteiger partial charge >= 0.3 is 5.97 Å². The molecule has 0 aromatic carbocycles. The molecule has 4 heteroatoms. The van der Waals surface area contributed by atoms with Crippen molar-refractivity contribution in [1.29, 1.82) is 0 Å². The van der Waals surface area contributed by atoms with Crippen LogP contribution in [0, 0.1) is 0 Å². The minimum atomic E-state index is -0.572. The number of hydrogen-bond donors (Lipinski definition) is 0. The maximum absolute atomic E-state index is 10.9. The number of carbonyl (C=O) groups is 1. The second kappa shape index (κ2) is 4.07. The lowest BCUT2D eigenvalue weighted by Gasteiger charge is -2.35. The molecule has 1 atom stereocenters. The summed E-state index contributed by atoms with van der Waals surface area (Å²) in [5, 5.41) is 0.